The van der Waals surface area contributed by atoms with Gasteiger partial charge in [-0.3, -0.25) is 48.2 Å². The molecule has 0 saturated carbocycles. The highest BCUT2D eigenvalue weighted by Gasteiger charge is 2.42. The smallest absolute Gasteiger partial charge is 0.308 e. The Bertz CT molecular complexity index is 3760. The van der Waals surface area contributed by atoms with Crippen LogP contribution in [0.1, 0.15) is 247 Å². The van der Waals surface area contributed by atoms with Gasteiger partial charge in [-0.05, 0) is 177 Å². The van der Waals surface area contributed by atoms with Crippen molar-refractivity contribution in [2.45, 2.75) is 266 Å². The minimum Gasteiger partial charge on any atom is -0.494 e. The van der Waals surface area contributed by atoms with Gasteiger partial charge in [0.1, 0.15) is 77.3 Å². The van der Waals surface area contributed by atoms with Crippen LogP contribution in [0.2, 0.25) is 0 Å². The maximum atomic E-state index is 15.4. The summed E-state index contributed by atoms with van der Waals surface area (Å²) >= 11 is 2.50. The summed E-state index contributed by atoms with van der Waals surface area (Å²) in [6.07, 6.45) is 8.95. The molecule has 2 aromatic carbocycles. The third-order valence-corrected chi connectivity index (χ3v) is 25.3. The monoisotopic (exact) mass is 1780 g/mol. The predicted molar refractivity (Wildman–Crippen MR) is 482 cm³/mol. The third kappa shape index (κ3) is 35.4. The number of unbranched alkanes of at least 4 members (excludes halogenated alkanes) is 1. The van der Waals surface area contributed by atoms with Crippen LogP contribution in [0.4, 0.5) is 0 Å². The Hall–Kier alpha value is -7.34. The van der Waals surface area contributed by atoms with Gasteiger partial charge in [0.05, 0.1) is 70.2 Å². The van der Waals surface area contributed by atoms with E-state index in [1.807, 2.05) is 144 Å². The van der Waals surface area contributed by atoms with Crippen LogP contribution >= 0.6 is 22.7 Å². The molecule has 6 amide bonds. The van der Waals surface area contributed by atoms with Gasteiger partial charge in [0.2, 0.25) is 23.6 Å². The highest BCUT2D eigenvalue weighted by Crippen LogP contribution is 2.35. The van der Waals surface area contributed by atoms with Crippen molar-refractivity contribution in [2.24, 2.45) is 47.0 Å². The first kappa shape index (κ1) is 105. The third-order valence-electron chi connectivity index (χ3n) is 23.4. The Morgan fingerprint density at radius 1 is 0.508 bits per heavy atom. The molecule has 32 heteroatoms. The number of carbonyl (C=O) groups is 8. The summed E-state index contributed by atoms with van der Waals surface area (Å²) in [4.78, 5) is 132. The quantitative estimate of drug-likeness (QED) is 0.0123. The summed E-state index contributed by atoms with van der Waals surface area (Å²) in [5.41, 5.74) is 13.2. The van der Waals surface area contributed by atoms with Crippen molar-refractivity contribution in [2.75, 3.05) is 126 Å². The van der Waals surface area contributed by atoms with E-state index < -0.39 is 84.0 Å². The highest BCUT2D eigenvalue weighted by molar-refractivity contribution is 7.10. The van der Waals surface area contributed by atoms with E-state index in [1.54, 1.807) is 34.4 Å². The Balaban J connectivity index is 1.26. The van der Waals surface area contributed by atoms with E-state index in [4.69, 9.17) is 64.1 Å². The fraction of sp³-hybridized carbons (Fsp3) is 0.717. The number of nitrogens with zero attached hydrogens (tertiary/aromatic N) is 6. The first-order valence-electron chi connectivity index (χ1n) is 45.5. The van der Waals surface area contributed by atoms with Gasteiger partial charge in [0.25, 0.3) is 11.8 Å². The number of piperidine rings is 2. The van der Waals surface area contributed by atoms with E-state index in [9.17, 15) is 33.9 Å². The molecule has 698 valence electrons. The largest absolute Gasteiger partial charge is 0.494 e. The van der Waals surface area contributed by atoms with Gasteiger partial charge < -0.3 is 90.3 Å². The number of hydrogen-bond acceptors (Lipinski definition) is 25. The molecule has 6 rings (SSSR count). The molecule has 2 fully saturated rings. The number of carboxylic acids is 1. The first-order chi connectivity index (χ1) is 59.6. The van der Waals surface area contributed by atoms with E-state index in [2.05, 4.69) is 26.2 Å². The van der Waals surface area contributed by atoms with Crippen molar-refractivity contribution in [1.29, 1.82) is 0 Å². The average molecular weight is 1780 g/mol. The fourth-order valence-corrected chi connectivity index (χ4v) is 17.2. The SMILES string of the molecule is CCCOC(CC(C(C)C)N(COCC)C(=O)C(NC(=O)C1CCCCN1C)C(C)CC)c1nc(C(=O)NC(Cc2ccc(OCCOCCOCCN)cc2)CC(C)C(=O)OCCCOC(CC(C(C)C)N(COCC)C(=O)C(NC(=O)C2CCCCN2C)C(C)CC)c2nc(C(=O)NC(Cc3ccc(OCCCCN)cc3)CC(C)C(=O)O)cs2)cs1. The average Bonchev–Trinajstić information content (AvgIpc) is 1.22. The molecule has 2 aliphatic heterocycles. The van der Waals surface area contributed by atoms with Gasteiger partial charge in [0.15, 0.2) is 0 Å². The second-order valence-corrected chi connectivity index (χ2v) is 35.7. The van der Waals surface area contributed by atoms with Crippen molar-refractivity contribution in [1.82, 2.24) is 50.8 Å². The van der Waals surface area contributed by atoms with Crippen LogP contribution in [0.3, 0.4) is 0 Å². The molecule has 14 unspecified atom stereocenters. The van der Waals surface area contributed by atoms with Crippen LogP contribution in [-0.4, -0.2) is 257 Å². The van der Waals surface area contributed by atoms with Crippen LogP contribution < -0.4 is 42.2 Å². The minimum atomic E-state index is -1.00. The number of aliphatic carboxylic acids is 1. The highest BCUT2D eigenvalue weighted by atomic mass is 32.1. The maximum Gasteiger partial charge on any atom is 0.308 e. The zero-order valence-electron chi connectivity index (χ0n) is 76.8. The second-order valence-electron chi connectivity index (χ2n) is 33.9. The number of amides is 6. The van der Waals surface area contributed by atoms with E-state index in [1.165, 1.54) is 22.7 Å². The second kappa shape index (κ2) is 57.5. The van der Waals surface area contributed by atoms with Crippen molar-refractivity contribution in [3.05, 3.63) is 91.8 Å². The van der Waals surface area contributed by atoms with Gasteiger partial charge in [-0.1, -0.05) is 126 Å². The van der Waals surface area contributed by atoms with E-state index >= 15 is 9.59 Å². The molecular weight excluding hydrogens is 1630 g/mol. The van der Waals surface area contributed by atoms with Crippen molar-refractivity contribution in [3.8, 4) is 11.5 Å². The number of nitrogens with one attached hydrogen (secondary N) is 4. The lowest BCUT2D eigenvalue weighted by Crippen LogP contribution is -2.59. The molecule has 0 aliphatic carbocycles. The van der Waals surface area contributed by atoms with Gasteiger partial charge in [-0.25, -0.2) is 9.97 Å². The lowest BCUT2D eigenvalue weighted by Gasteiger charge is -2.40. The zero-order chi connectivity index (χ0) is 90.6. The molecule has 0 bridgehead atoms. The number of carboxylic acid groups (broad SMARTS) is 1. The number of rotatable bonds is 62. The number of ether oxygens (including phenoxy) is 9. The number of carbonyl (C=O) groups excluding carboxylic acids is 7. The van der Waals surface area contributed by atoms with Crippen molar-refractivity contribution in [3.63, 3.8) is 0 Å². The fourth-order valence-electron chi connectivity index (χ4n) is 15.5. The Labute approximate surface area is 745 Å². The number of hydrogen-bond donors (Lipinski definition) is 7. The summed E-state index contributed by atoms with van der Waals surface area (Å²) in [6.45, 7) is 31.1. The lowest BCUT2D eigenvalue weighted by atomic mass is 9.92. The molecule has 124 heavy (non-hydrogen) atoms. The maximum absolute atomic E-state index is 15.4. The topological polar surface area (TPSA) is 379 Å². The summed E-state index contributed by atoms with van der Waals surface area (Å²) in [6, 6.07) is 10.4. The number of thiazole rings is 2. The van der Waals surface area contributed by atoms with E-state index in [0.29, 0.717) is 145 Å². The van der Waals surface area contributed by atoms with Gasteiger partial charge >= 0.3 is 11.9 Å². The molecule has 2 saturated heterocycles. The van der Waals surface area contributed by atoms with Crippen LogP contribution in [-0.2, 0) is 74.8 Å². The summed E-state index contributed by atoms with van der Waals surface area (Å²) in [7, 11) is 3.89. The first-order valence-corrected chi connectivity index (χ1v) is 47.3. The Morgan fingerprint density at radius 3 is 1.37 bits per heavy atom. The van der Waals surface area contributed by atoms with Gasteiger partial charge in [-0.2, -0.15) is 0 Å². The number of nitrogens with two attached hydrogens (primary N) is 2. The standard InChI is InChI=1S/C92H150N12O18S2/c1-16-42-120-79(55-77(61(6)7)103(59-114-19-4)89(109)81(63(10)17-2)99-85(107)75-28-21-24-40-101(75)14)87-97-74(57-123-87)84(106)96-70(54-68-32-36-72(37-33-68)119-50-49-117-48-47-116-46-39-94)52-66(13)92(113)122-45-27-44-121-80(56-78(62(8)9)104(60-115-20-5)90(110)82(64(11)18-3)100-86(108)76-29-22-25-41-102(76)15)88-98-73(58-124-88)83(105)95-69(51-65(12)91(111)112)53-67-30-34-71(35-31-67)118-43-26-23-38-93/h30-37,57-58,61-66,69-70,75-82H,16-29,38-56,59-60,93-94H2,1-15H3,(H,95,105)(H,96,106)(H,99,107)(H,100,108)(H,111,112). The molecular formula is C92H150N12O18S2. The summed E-state index contributed by atoms with van der Waals surface area (Å²) in [5.74, 6) is -4.38. The molecule has 9 N–H and O–H groups in total. The minimum absolute atomic E-state index is 0.00820. The van der Waals surface area contributed by atoms with E-state index in [-0.39, 0.29) is 123 Å². The van der Waals surface area contributed by atoms with Crippen molar-refractivity contribution >= 4 is 70.1 Å². The molecule has 0 radical (unpaired) electrons. The van der Waals surface area contributed by atoms with Gasteiger partial charge in [-0.15, -0.1) is 22.7 Å². The molecule has 14 atom stereocenters. The zero-order valence-corrected chi connectivity index (χ0v) is 78.4. The van der Waals surface area contributed by atoms with Crippen LogP contribution in [0, 0.1) is 35.5 Å². The Kier molecular flexibility index (Phi) is 48.9. The number of likely N-dealkylation sites (N-methyl/N-ethyl adjacent to an activating group) is 2. The normalized spacial score (nSPS) is 17.5. The lowest BCUT2D eigenvalue weighted by molar-refractivity contribution is -0.150. The molecule has 2 aromatic heterocycles. The number of aromatic nitrogens is 2. The van der Waals surface area contributed by atoms with Gasteiger partial charge in [0, 0.05) is 80.6 Å². The number of benzene rings is 2. The number of likely N-dealkylation sites (tertiary alicyclic amines) is 2. The van der Waals surface area contributed by atoms with Crippen LogP contribution in [0.15, 0.2) is 59.3 Å². The Morgan fingerprint density at radius 2 is 0.952 bits per heavy atom. The predicted octanol–water partition coefficient (Wildman–Crippen LogP) is 11.6. The van der Waals surface area contributed by atoms with Crippen LogP contribution in [0.5, 0.6) is 11.5 Å². The summed E-state index contributed by atoms with van der Waals surface area (Å²) in [5, 5.41) is 27.1. The van der Waals surface area contributed by atoms with Crippen molar-refractivity contribution < 1.29 is 86.1 Å². The molecule has 30 nitrogen and oxygen atoms in total. The molecule has 4 heterocycles. The van der Waals surface area contributed by atoms with E-state index in [0.717, 1.165) is 62.7 Å². The molecule has 0 spiro atoms. The molecule has 4 aromatic rings. The van der Waals surface area contributed by atoms with Crippen LogP contribution in [0.25, 0.3) is 0 Å². The number of esters is 1. The summed E-state index contributed by atoms with van der Waals surface area (Å²) < 4.78 is 54.7. The molecule has 2 aliphatic rings.